The maximum Gasteiger partial charge on any atom is 1.00 e. The largest absolute Gasteiger partial charge is 1.00 e. The van der Waals surface area contributed by atoms with Crippen LogP contribution in [0.3, 0.4) is 0 Å². The summed E-state index contributed by atoms with van der Waals surface area (Å²) in [7, 11) is 0. The average Bonchev–Trinajstić information content (AvgIpc) is 3.10. The van der Waals surface area contributed by atoms with E-state index in [4.69, 9.17) is 4.74 Å². The van der Waals surface area contributed by atoms with Gasteiger partial charge in [0.15, 0.2) is 5.76 Å². The van der Waals surface area contributed by atoms with Crippen molar-refractivity contribution < 1.29 is 63.2 Å². The number of aliphatic carboxylic acids is 1. The Hall–Kier alpha value is -0.470. The molecule has 1 saturated carbocycles. The van der Waals surface area contributed by atoms with Gasteiger partial charge in [0.25, 0.3) is 0 Å². The van der Waals surface area contributed by atoms with Crippen LogP contribution in [0.1, 0.15) is 65.2 Å². The van der Waals surface area contributed by atoms with Gasteiger partial charge in [0.05, 0.1) is 18.1 Å². The number of carbonyl (C=O) groups excluding carboxylic acids is 1. The van der Waals surface area contributed by atoms with Gasteiger partial charge in [-0.2, -0.15) is 8.78 Å². The minimum atomic E-state index is -3.25. The molecule has 30 heavy (non-hydrogen) atoms. The molecule has 0 amide bonds. The summed E-state index contributed by atoms with van der Waals surface area (Å²) >= 11 is 0. The molecule has 1 saturated heterocycles. The summed E-state index contributed by atoms with van der Waals surface area (Å²) in [6, 6.07) is 0. The number of ether oxygens (including phenoxy) is 1. The molecule has 0 aromatic carbocycles. The van der Waals surface area contributed by atoms with Crippen molar-refractivity contribution in [2.24, 2.45) is 17.3 Å². The predicted molar refractivity (Wildman–Crippen MR) is 103 cm³/mol. The molecule has 0 aromatic heterocycles. The van der Waals surface area contributed by atoms with Crippen LogP contribution in [0.5, 0.6) is 0 Å². The number of hydrogen-bond donors (Lipinski definition) is 2. The van der Waals surface area contributed by atoms with Crippen LogP contribution < -0.4 is 34.7 Å². The fourth-order valence-corrected chi connectivity index (χ4v) is 5.10. The second kappa shape index (κ2) is 11.4. The van der Waals surface area contributed by atoms with Crippen LogP contribution in [-0.4, -0.2) is 40.4 Å². The third-order valence-corrected chi connectivity index (χ3v) is 6.47. The molecule has 6 atom stereocenters. The van der Waals surface area contributed by atoms with Crippen molar-refractivity contribution in [2.75, 3.05) is 0 Å². The maximum absolute atomic E-state index is 15.3. The Labute approximate surface area is 199 Å². The molecule has 0 unspecified atom stereocenters. The van der Waals surface area contributed by atoms with Crippen LogP contribution >= 0.6 is 0 Å². The first-order valence-electron chi connectivity index (χ1n) is 10.5. The molecule has 1 aliphatic heterocycles. The van der Waals surface area contributed by atoms with Crippen molar-refractivity contribution in [1.82, 2.24) is 0 Å². The molecular formula is C22H33F2NaO5. The van der Waals surface area contributed by atoms with E-state index in [9.17, 15) is 20.1 Å². The summed E-state index contributed by atoms with van der Waals surface area (Å²) in [6.07, 6.45) is 2.94. The Kier molecular flexibility index (Phi) is 10.5. The number of hydrogen-bond acceptors (Lipinski definition) is 5. The SMILES string of the molecule is C=C[C@H](O)C[C@](C)(CCCC)[C@H]1[C@@H]2[C@H](C[C@H]1O)OC(=CCCCC(=O)[O-])C2(F)F.[Na+]. The van der Waals surface area contributed by atoms with Gasteiger partial charge in [-0.15, -0.1) is 6.58 Å². The Bertz CT molecular complexity index is 627. The molecule has 166 valence electrons. The van der Waals surface area contributed by atoms with Gasteiger partial charge < -0.3 is 24.9 Å². The molecular weight excluding hydrogens is 405 g/mol. The van der Waals surface area contributed by atoms with E-state index >= 15 is 8.78 Å². The number of rotatable bonds is 11. The second-order valence-electron chi connectivity index (χ2n) is 8.73. The summed E-state index contributed by atoms with van der Waals surface area (Å²) < 4.78 is 36.2. The van der Waals surface area contributed by atoms with Crippen LogP contribution in [-0.2, 0) is 9.53 Å². The maximum atomic E-state index is 15.3. The van der Waals surface area contributed by atoms with Crippen molar-refractivity contribution >= 4 is 5.97 Å². The fourth-order valence-electron chi connectivity index (χ4n) is 5.10. The molecule has 8 heteroatoms. The summed E-state index contributed by atoms with van der Waals surface area (Å²) in [5.74, 6) is -6.79. The van der Waals surface area contributed by atoms with Gasteiger partial charge in [-0.1, -0.05) is 32.8 Å². The summed E-state index contributed by atoms with van der Waals surface area (Å²) in [5.41, 5.74) is -0.695. The van der Waals surface area contributed by atoms with Gasteiger partial charge >= 0.3 is 35.5 Å². The number of carboxylic acid groups (broad SMARTS) is 1. The zero-order valence-electron chi connectivity index (χ0n) is 18.3. The first-order valence-corrected chi connectivity index (χ1v) is 10.5. The van der Waals surface area contributed by atoms with E-state index in [0.717, 1.165) is 12.8 Å². The number of allylic oxidation sites excluding steroid dienone is 2. The van der Waals surface area contributed by atoms with Gasteiger partial charge in [-0.3, -0.25) is 0 Å². The van der Waals surface area contributed by atoms with Gasteiger partial charge in [0.2, 0.25) is 0 Å². The van der Waals surface area contributed by atoms with Crippen molar-refractivity contribution in [2.45, 2.75) is 89.4 Å². The fraction of sp³-hybridized carbons (Fsp3) is 0.773. The minimum absolute atomic E-state index is 0. The number of carboxylic acids is 1. The standard InChI is InChI=1S/C22H34F2O5.Na/c1-4-6-11-21(3,13-14(25)5-2)19-15(26)12-16-20(19)22(23,24)17(29-16)9-7-8-10-18(27)28;/h5,9,14-16,19-20,25-26H,2,4,6-8,10-13H2,1,3H3,(H,27,28);/q;+1/p-1/t14-,15+,16-,19+,20-,21-;/m0./s1. The van der Waals surface area contributed by atoms with Crippen LogP contribution in [0.2, 0.25) is 0 Å². The van der Waals surface area contributed by atoms with Gasteiger partial charge in [-0.25, -0.2) is 0 Å². The Morgan fingerprint density at radius 2 is 2.13 bits per heavy atom. The quantitative estimate of drug-likeness (QED) is 0.268. The number of aliphatic hydroxyl groups is 2. The van der Waals surface area contributed by atoms with E-state index in [0.29, 0.717) is 6.42 Å². The molecule has 5 nitrogen and oxygen atoms in total. The molecule has 1 aliphatic carbocycles. The van der Waals surface area contributed by atoms with E-state index < -0.39 is 53.2 Å². The summed E-state index contributed by atoms with van der Waals surface area (Å²) in [4.78, 5) is 10.5. The molecule has 0 aromatic rings. The van der Waals surface area contributed by atoms with E-state index in [1.54, 1.807) is 0 Å². The first-order chi connectivity index (χ1) is 13.6. The zero-order valence-corrected chi connectivity index (χ0v) is 20.3. The van der Waals surface area contributed by atoms with Gasteiger partial charge in [0, 0.05) is 18.3 Å². The predicted octanol–water partition coefficient (Wildman–Crippen LogP) is -0.0409. The topological polar surface area (TPSA) is 89.8 Å². The molecule has 2 fully saturated rings. The minimum Gasteiger partial charge on any atom is -0.550 e. The van der Waals surface area contributed by atoms with E-state index in [-0.39, 0.29) is 61.7 Å². The number of unbranched alkanes of at least 4 members (excludes halogenated alkanes) is 2. The van der Waals surface area contributed by atoms with Crippen molar-refractivity contribution in [1.29, 1.82) is 0 Å². The van der Waals surface area contributed by atoms with Crippen LogP contribution in [0, 0.1) is 17.3 Å². The Balaban J connectivity index is 0.00000450. The summed E-state index contributed by atoms with van der Waals surface area (Å²) in [5, 5.41) is 31.4. The number of aliphatic hydroxyl groups excluding tert-OH is 2. The van der Waals surface area contributed by atoms with E-state index in [1.165, 1.54) is 12.2 Å². The first kappa shape index (κ1) is 27.6. The summed E-state index contributed by atoms with van der Waals surface area (Å²) in [6.45, 7) is 7.47. The monoisotopic (exact) mass is 438 g/mol. The molecule has 2 rings (SSSR count). The Morgan fingerprint density at radius 3 is 2.70 bits per heavy atom. The van der Waals surface area contributed by atoms with Crippen LogP contribution in [0.15, 0.2) is 24.5 Å². The number of carbonyl (C=O) groups is 1. The van der Waals surface area contributed by atoms with E-state index in [1.807, 2.05) is 13.8 Å². The smallest absolute Gasteiger partial charge is 0.550 e. The average molecular weight is 438 g/mol. The number of halogens is 2. The Morgan fingerprint density at radius 1 is 1.47 bits per heavy atom. The van der Waals surface area contributed by atoms with Gasteiger partial charge in [-0.05, 0) is 43.6 Å². The van der Waals surface area contributed by atoms with Crippen molar-refractivity contribution in [3.8, 4) is 0 Å². The molecule has 0 radical (unpaired) electrons. The third-order valence-electron chi connectivity index (χ3n) is 6.47. The molecule has 0 spiro atoms. The van der Waals surface area contributed by atoms with Crippen molar-refractivity contribution in [3.63, 3.8) is 0 Å². The molecule has 2 N–H and O–H groups in total. The van der Waals surface area contributed by atoms with Gasteiger partial charge in [0.1, 0.15) is 6.10 Å². The molecule has 0 bridgehead atoms. The normalized spacial score (nSPS) is 31.3. The number of fused-ring (bicyclic) bond motifs is 1. The zero-order chi connectivity index (χ0) is 21.8. The van der Waals surface area contributed by atoms with Crippen LogP contribution in [0.25, 0.3) is 0 Å². The molecule has 2 aliphatic rings. The molecule has 1 heterocycles. The van der Waals surface area contributed by atoms with Crippen molar-refractivity contribution in [3.05, 3.63) is 24.5 Å². The third kappa shape index (κ3) is 6.06. The second-order valence-corrected chi connectivity index (χ2v) is 8.73. The number of alkyl halides is 2. The van der Waals surface area contributed by atoms with Crippen LogP contribution in [0.4, 0.5) is 8.78 Å². The van der Waals surface area contributed by atoms with E-state index in [2.05, 4.69) is 6.58 Å².